The molecule has 2 heterocycles. The molecule has 10 heteroatoms. The molecule has 6 rings (SSSR count). The molecule has 0 aliphatic rings. The first kappa shape index (κ1) is 26.6. The highest BCUT2D eigenvalue weighted by molar-refractivity contribution is 9.10. The van der Waals surface area contributed by atoms with Gasteiger partial charge in [0.05, 0.1) is 26.6 Å². The molecule has 0 unspecified atom stereocenters. The van der Waals surface area contributed by atoms with Crippen LogP contribution in [0.15, 0.2) is 104 Å². The van der Waals surface area contributed by atoms with Crippen molar-refractivity contribution in [3.63, 3.8) is 0 Å². The van der Waals surface area contributed by atoms with Gasteiger partial charge in [-0.25, -0.2) is 4.98 Å². The number of aromatic nitrogens is 2. The third kappa shape index (κ3) is 5.25. The number of rotatable bonds is 6. The van der Waals surface area contributed by atoms with Crippen molar-refractivity contribution >= 4 is 78.8 Å². The minimum atomic E-state index is -0.347. The first-order valence-corrected chi connectivity index (χ1v) is 13.9. The fourth-order valence-corrected chi connectivity index (χ4v) is 5.56. The normalized spacial score (nSPS) is 11.6. The van der Waals surface area contributed by atoms with Crippen LogP contribution in [0.1, 0.15) is 11.1 Å². The van der Waals surface area contributed by atoms with E-state index in [-0.39, 0.29) is 18.0 Å². The maximum absolute atomic E-state index is 13.5. The number of hydrogen-bond donors (Lipinski definition) is 0. The molecule has 0 saturated carbocycles. The van der Waals surface area contributed by atoms with Gasteiger partial charge in [0.1, 0.15) is 12.2 Å². The van der Waals surface area contributed by atoms with Crippen LogP contribution in [-0.2, 0) is 6.61 Å². The van der Waals surface area contributed by atoms with Crippen molar-refractivity contribution in [1.29, 1.82) is 0 Å². The second-order valence-electron chi connectivity index (χ2n) is 8.80. The second kappa shape index (κ2) is 11.1. The van der Waals surface area contributed by atoms with E-state index >= 15 is 0 Å². The highest BCUT2D eigenvalue weighted by atomic mass is 79.9. The molecule has 40 heavy (non-hydrogen) atoms. The van der Waals surface area contributed by atoms with Gasteiger partial charge >= 0.3 is 0 Å². The van der Waals surface area contributed by atoms with Crippen molar-refractivity contribution in [2.45, 2.75) is 6.61 Å². The second-order valence-corrected chi connectivity index (χ2v) is 10.9. The van der Waals surface area contributed by atoms with E-state index in [1.165, 1.54) is 10.9 Å². The summed E-state index contributed by atoms with van der Waals surface area (Å²) < 4.78 is 13.8. The van der Waals surface area contributed by atoms with E-state index in [1.54, 1.807) is 60.7 Å². The molecule has 0 aliphatic carbocycles. The lowest BCUT2D eigenvalue weighted by atomic mass is 10.2. The molecule has 0 aliphatic heterocycles. The predicted octanol–water partition coefficient (Wildman–Crippen LogP) is 8.99. The zero-order chi connectivity index (χ0) is 27.8. The van der Waals surface area contributed by atoms with E-state index in [4.69, 9.17) is 48.9 Å². The Morgan fingerprint density at radius 2 is 1.75 bits per heavy atom. The fraction of sp³-hybridized carbons (Fsp3) is 0.0333. The summed E-state index contributed by atoms with van der Waals surface area (Å²) in [7, 11) is 0. The first-order chi connectivity index (χ1) is 19.4. The molecular formula is C30H17BrCl3N3O3. The van der Waals surface area contributed by atoms with Crippen molar-refractivity contribution in [2.75, 3.05) is 0 Å². The summed E-state index contributed by atoms with van der Waals surface area (Å²) in [6, 6.07) is 25.1. The Balaban J connectivity index is 1.39. The molecule has 0 fully saturated rings. The molecule has 6 aromatic rings. The third-order valence-electron chi connectivity index (χ3n) is 6.13. The average Bonchev–Trinajstić information content (AvgIpc) is 3.36. The Kier molecular flexibility index (Phi) is 7.38. The number of furan rings is 1. The minimum Gasteiger partial charge on any atom is -0.486 e. The van der Waals surface area contributed by atoms with Crippen LogP contribution in [-0.4, -0.2) is 15.9 Å². The van der Waals surface area contributed by atoms with E-state index in [0.29, 0.717) is 53.1 Å². The number of ether oxygens (including phenoxy) is 1. The lowest BCUT2D eigenvalue weighted by molar-refractivity contribution is 0.304. The van der Waals surface area contributed by atoms with E-state index < -0.39 is 0 Å². The van der Waals surface area contributed by atoms with Gasteiger partial charge < -0.3 is 9.15 Å². The maximum atomic E-state index is 13.5. The smallest absolute Gasteiger partial charge is 0.282 e. The van der Waals surface area contributed by atoms with Crippen molar-refractivity contribution in [1.82, 2.24) is 9.66 Å². The molecule has 0 spiro atoms. The van der Waals surface area contributed by atoms with Crippen molar-refractivity contribution in [3.05, 3.63) is 126 Å². The largest absolute Gasteiger partial charge is 0.486 e. The third-order valence-corrected chi connectivity index (χ3v) is 7.60. The highest BCUT2D eigenvalue weighted by Crippen LogP contribution is 2.35. The molecule has 2 aromatic heterocycles. The van der Waals surface area contributed by atoms with Gasteiger partial charge in [-0.2, -0.15) is 9.78 Å². The number of para-hydroxylation sites is 1. The van der Waals surface area contributed by atoms with Gasteiger partial charge in [0.15, 0.2) is 11.5 Å². The van der Waals surface area contributed by atoms with Gasteiger partial charge in [-0.05, 0) is 76.1 Å². The zero-order valence-electron chi connectivity index (χ0n) is 20.4. The van der Waals surface area contributed by atoms with Crippen molar-refractivity contribution in [3.8, 4) is 17.3 Å². The number of nitrogens with zero attached hydrogens (tertiary/aromatic N) is 3. The monoisotopic (exact) mass is 651 g/mol. The topological polar surface area (TPSA) is 69.6 Å². The van der Waals surface area contributed by atoms with Gasteiger partial charge in [-0.3, -0.25) is 4.79 Å². The maximum Gasteiger partial charge on any atom is 0.282 e. The fourth-order valence-electron chi connectivity index (χ4n) is 4.20. The van der Waals surface area contributed by atoms with Crippen molar-refractivity contribution < 1.29 is 9.15 Å². The molecular weight excluding hydrogens is 637 g/mol. The lowest BCUT2D eigenvalue weighted by Crippen LogP contribution is -2.20. The van der Waals surface area contributed by atoms with Gasteiger partial charge in [0.2, 0.25) is 5.82 Å². The van der Waals surface area contributed by atoms with Crippen LogP contribution in [0.4, 0.5) is 0 Å². The van der Waals surface area contributed by atoms with Crippen LogP contribution in [0.25, 0.3) is 33.5 Å². The van der Waals surface area contributed by atoms with E-state index in [9.17, 15) is 4.79 Å². The van der Waals surface area contributed by atoms with Crippen LogP contribution in [0.2, 0.25) is 15.1 Å². The molecule has 4 aromatic carbocycles. The highest BCUT2D eigenvalue weighted by Gasteiger charge is 2.17. The van der Waals surface area contributed by atoms with E-state index in [0.717, 1.165) is 10.9 Å². The Morgan fingerprint density at radius 3 is 2.58 bits per heavy atom. The van der Waals surface area contributed by atoms with Crippen LogP contribution >= 0.6 is 50.7 Å². The van der Waals surface area contributed by atoms with E-state index in [2.05, 4.69) is 21.0 Å². The number of benzene rings is 4. The predicted molar refractivity (Wildman–Crippen MR) is 164 cm³/mol. The van der Waals surface area contributed by atoms with Gasteiger partial charge in [0, 0.05) is 21.0 Å². The quantitative estimate of drug-likeness (QED) is 0.168. The zero-order valence-corrected chi connectivity index (χ0v) is 24.3. The molecule has 0 N–H and O–H groups in total. The summed E-state index contributed by atoms with van der Waals surface area (Å²) in [6.45, 7) is 0.246. The summed E-state index contributed by atoms with van der Waals surface area (Å²) in [5.74, 6) is 1.09. The Bertz CT molecular complexity index is 1980. The first-order valence-electron chi connectivity index (χ1n) is 12.0. The minimum absolute atomic E-state index is 0.246. The van der Waals surface area contributed by atoms with Gasteiger partial charge in [0.25, 0.3) is 5.56 Å². The Labute approximate surface area is 251 Å². The lowest BCUT2D eigenvalue weighted by Gasteiger charge is -2.12. The molecule has 0 amide bonds. The average molecular weight is 654 g/mol. The standard InChI is InChI=1S/C30H17BrCl3N3O3/c31-22-11-17(12-24(34)28(22)39-16-18-5-1-3-7-23(18)33)15-35-37-29(36-25-8-4-2-6-21(25)30(37)38)27-14-19-13-20(32)9-10-26(19)40-27/h1-15H,16H2. The van der Waals surface area contributed by atoms with E-state index in [1.807, 2.05) is 24.3 Å². The van der Waals surface area contributed by atoms with Crippen LogP contribution in [0.3, 0.4) is 0 Å². The summed E-state index contributed by atoms with van der Waals surface area (Å²) in [4.78, 5) is 18.2. The molecule has 6 nitrogen and oxygen atoms in total. The number of halogens is 4. The molecule has 0 saturated heterocycles. The van der Waals surface area contributed by atoms with Crippen LogP contribution in [0, 0.1) is 0 Å². The molecule has 0 bridgehead atoms. The van der Waals surface area contributed by atoms with Gasteiger partial charge in [-0.15, -0.1) is 0 Å². The summed E-state index contributed by atoms with van der Waals surface area (Å²) in [5.41, 5.74) is 2.25. The number of fused-ring (bicyclic) bond motifs is 2. The number of hydrogen-bond acceptors (Lipinski definition) is 5. The van der Waals surface area contributed by atoms with Crippen LogP contribution in [0.5, 0.6) is 5.75 Å². The Morgan fingerprint density at radius 1 is 0.950 bits per heavy atom. The summed E-state index contributed by atoms with van der Waals surface area (Å²) in [6.07, 6.45) is 1.52. The van der Waals surface area contributed by atoms with Crippen LogP contribution < -0.4 is 10.3 Å². The Hall–Kier alpha value is -3.62. The molecule has 0 radical (unpaired) electrons. The molecule has 198 valence electrons. The van der Waals surface area contributed by atoms with Crippen molar-refractivity contribution in [2.24, 2.45) is 5.10 Å². The SMILES string of the molecule is O=c1c2ccccc2nc(-c2cc3cc(Cl)ccc3o2)n1N=Cc1cc(Cl)c(OCc2ccccc2Cl)c(Br)c1. The summed E-state index contributed by atoms with van der Waals surface area (Å²) >= 11 is 22.5. The summed E-state index contributed by atoms with van der Waals surface area (Å²) in [5, 5.41) is 7.25. The van der Waals surface area contributed by atoms with Gasteiger partial charge in [-0.1, -0.05) is 65.1 Å². The molecule has 0 atom stereocenters.